The van der Waals surface area contributed by atoms with E-state index in [9.17, 15) is 9.90 Å². The third kappa shape index (κ3) is 2.98. The quantitative estimate of drug-likeness (QED) is 0.780. The van der Waals surface area contributed by atoms with Gasteiger partial charge in [0.25, 0.3) is 5.91 Å². The maximum absolute atomic E-state index is 12.7. The highest BCUT2D eigenvalue weighted by atomic mass is 16.5. The molecule has 2 heterocycles. The first-order valence-corrected chi connectivity index (χ1v) is 8.67. The Morgan fingerprint density at radius 1 is 1.23 bits per heavy atom. The van der Waals surface area contributed by atoms with Crippen molar-refractivity contribution in [2.75, 3.05) is 20.2 Å². The van der Waals surface area contributed by atoms with Crippen LogP contribution < -0.4 is 4.74 Å². The lowest BCUT2D eigenvalue weighted by Crippen LogP contribution is -2.38. The van der Waals surface area contributed by atoms with Crippen molar-refractivity contribution in [1.29, 1.82) is 0 Å². The minimum atomic E-state index is -0.166. The molecule has 1 saturated heterocycles. The zero-order valence-corrected chi connectivity index (χ0v) is 14.5. The molecule has 4 rings (SSSR count). The van der Waals surface area contributed by atoms with E-state index in [1.54, 1.807) is 17.0 Å². The molecule has 2 aromatic carbocycles. The molecule has 3 aromatic rings. The van der Waals surface area contributed by atoms with Gasteiger partial charge in [-0.25, -0.2) is 4.98 Å². The van der Waals surface area contributed by atoms with Crippen LogP contribution in [0, 0.1) is 0 Å². The predicted octanol–water partition coefficient (Wildman–Crippen LogP) is 3.56. The molecule has 0 saturated carbocycles. The molecule has 0 aliphatic carbocycles. The molecular weight excluding hydrogens is 332 g/mol. The highest BCUT2D eigenvalue weighted by Crippen LogP contribution is 2.31. The standard InChI is InChI=1S/C20H20N2O4/c1-25-14-6-7-15(17(23)12-14)20(24)22-10-8-13(9-11-22)19-21-16-4-2-3-5-18(16)26-19/h2-7,12-13,23H,8-11H2,1H3. The van der Waals surface area contributed by atoms with Crippen LogP contribution in [0.25, 0.3) is 11.1 Å². The Morgan fingerprint density at radius 2 is 2.00 bits per heavy atom. The summed E-state index contributed by atoms with van der Waals surface area (Å²) >= 11 is 0. The minimum absolute atomic E-state index is 0.0598. The van der Waals surface area contributed by atoms with Gasteiger partial charge in [0.15, 0.2) is 11.5 Å². The Morgan fingerprint density at radius 3 is 2.69 bits per heavy atom. The average molecular weight is 352 g/mol. The highest BCUT2D eigenvalue weighted by Gasteiger charge is 2.28. The number of hydrogen-bond donors (Lipinski definition) is 1. The van der Waals surface area contributed by atoms with Crippen LogP contribution >= 0.6 is 0 Å². The highest BCUT2D eigenvalue weighted by molar-refractivity contribution is 5.97. The van der Waals surface area contributed by atoms with Gasteiger partial charge in [0.1, 0.15) is 17.0 Å². The van der Waals surface area contributed by atoms with Crippen LogP contribution in [0.3, 0.4) is 0 Å². The number of carbonyl (C=O) groups excluding carboxylic acids is 1. The van der Waals surface area contributed by atoms with Crippen molar-refractivity contribution < 1.29 is 19.1 Å². The number of amides is 1. The molecule has 1 fully saturated rings. The maximum atomic E-state index is 12.7. The number of likely N-dealkylation sites (tertiary alicyclic amines) is 1. The third-order valence-corrected chi connectivity index (χ3v) is 4.88. The van der Waals surface area contributed by atoms with Crippen molar-refractivity contribution in [1.82, 2.24) is 9.88 Å². The lowest BCUT2D eigenvalue weighted by molar-refractivity contribution is 0.0703. The van der Waals surface area contributed by atoms with E-state index in [0.29, 0.717) is 24.4 Å². The summed E-state index contributed by atoms with van der Waals surface area (Å²) in [5, 5.41) is 10.1. The van der Waals surface area contributed by atoms with Gasteiger partial charge in [-0.05, 0) is 37.1 Å². The average Bonchev–Trinajstić information content (AvgIpc) is 3.11. The lowest BCUT2D eigenvalue weighted by atomic mass is 9.96. The first-order valence-electron chi connectivity index (χ1n) is 8.67. The van der Waals surface area contributed by atoms with Gasteiger partial charge in [-0.2, -0.15) is 0 Å². The van der Waals surface area contributed by atoms with Gasteiger partial charge in [-0.3, -0.25) is 4.79 Å². The van der Waals surface area contributed by atoms with Crippen LogP contribution in [0.2, 0.25) is 0 Å². The number of phenols is 1. The molecule has 26 heavy (non-hydrogen) atoms. The van der Waals surface area contributed by atoms with Gasteiger partial charge in [-0.1, -0.05) is 12.1 Å². The molecule has 1 amide bonds. The number of nitrogens with zero attached hydrogens (tertiary/aromatic N) is 2. The molecule has 1 aromatic heterocycles. The van der Waals surface area contributed by atoms with E-state index in [2.05, 4.69) is 4.98 Å². The Kier molecular flexibility index (Phi) is 4.24. The number of rotatable bonds is 3. The number of phenolic OH excluding ortho intramolecular Hbond substituents is 1. The van der Waals surface area contributed by atoms with Crippen LogP contribution in [-0.4, -0.2) is 41.1 Å². The van der Waals surface area contributed by atoms with E-state index in [1.807, 2.05) is 24.3 Å². The minimum Gasteiger partial charge on any atom is -0.507 e. The summed E-state index contributed by atoms with van der Waals surface area (Å²) < 4.78 is 10.9. The summed E-state index contributed by atoms with van der Waals surface area (Å²) in [7, 11) is 1.52. The number of para-hydroxylation sites is 2. The van der Waals surface area contributed by atoms with E-state index in [0.717, 1.165) is 29.8 Å². The van der Waals surface area contributed by atoms with E-state index >= 15 is 0 Å². The molecule has 1 N–H and O–H groups in total. The molecule has 0 spiro atoms. The molecule has 0 atom stereocenters. The number of methoxy groups -OCH3 is 1. The second-order valence-electron chi connectivity index (χ2n) is 6.47. The molecule has 1 aliphatic heterocycles. The number of ether oxygens (including phenoxy) is 1. The van der Waals surface area contributed by atoms with Crippen LogP contribution in [0.4, 0.5) is 0 Å². The van der Waals surface area contributed by atoms with Crippen LogP contribution in [-0.2, 0) is 0 Å². The van der Waals surface area contributed by atoms with Crippen molar-refractivity contribution in [3.8, 4) is 11.5 Å². The molecule has 1 aliphatic rings. The number of oxazole rings is 1. The number of benzene rings is 2. The van der Waals surface area contributed by atoms with E-state index in [-0.39, 0.29) is 17.6 Å². The Bertz CT molecular complexity index is 909. The topological polar surface area (TPSA) is 75.8 Å². The Hall–Kier alpha value is -3.02. The van der Waals surface area contributed by atoms with Gasteiger partial charge >= 0.3 is 0 Å². The van der Waals surface area contributed by atoms with E-state index < -0.39 is 0 Å². The zero-order chi connectivity index (χ0) is 18.1. The second-order valence-corrected chi connectivity index (χ2v) is 6.47. The summed E-state index contributed by atoms with van der Waals surface area (Å²) in [6, 6.07) is 12.5. The summed E-state index contributed by atoms with van der Waals surface area (Å²) in [4.78, 5) is 19.0. The summed E-state index contributed by atoms with van der Waals surface area (Å²) in [5.41, 5.74) is 1.96. The van der Waals surface area contributed by atoms with Gasteiger partial charge in [-0.15, -0.1) is 0 Å². The lowest BCUT2D eigenvalue weighted by Gasteiger charge is -2.30. The van der Waals surface area contributed by atoms with Crippen molar-refractivity contribution in [2.45, 2.75) is 18.8 Å². The summed E-state index contributed by atoms with van der Waals surface area (Å²) in [5.74, 6) is 1.24. The monoisotopic (exact) mass is 352 g/mol. The SMILES string of the molecule is COc1ccc(C(=O)N2CCC(c3nc4ccccc4o3)CC2)c(O)c1. The third-order valence-electron chi connectivity index (χ3n) is 4.88. The largest absolute Gasteiger partial charge is 0.507 e. The number of piperidine rings is 1. The molecule has 0 bridgehead atoms. The van der Waals surface area contributed by atoms with Crippen molar-refractivity contribution >= 4 is 17.0 Å². The maximum Gasteiger partial charge on any atom is 0.257 e. The Labute approximate surface area is 151 Å². The first-order chi connectivity index (χ1) is 12.7. The van der Waals surface area contributed by atoms with Gasteiger partial charge < -0.3 is 19.2 Å². The normalized spacial score (nSPS) is 15.3. The first kappa shape index (κ1) is 16.4. The fourth-order valence-electron chi connectivity index (χ4n) is 3.38. The van der Waals surface area contributed by atoms with Gasteiger partial charge in [0.05, 0.1) is 12.7 Å². The van der Waals surface area contributed by atoms with Gasteiger partial charge in [0, 0.05) is 25.1 Å². The van der Waals surface area contributed by atoms with E-state index in [4.69, 9.17) is 9.15 Å². The van der Waals surface area contributed by atoms with Crippen LogP contribution in [0.1, 0.15) is 35.0 Å². The number of fused-ring (bicyclic) bond motifs is 1. The van der Waals surface area contributed by atoms with Crippen LogP contribution in [0.15, 0.2) is 46.9 Å². The molecule has 6 heteroatoms. The molecule has 134 valence electrons. The molecule has 0 unspecified atom stereocenters. The summed E-state index contributed by atoms with van der Waals surface area (Å²) in [6.45, 7) is 1.21. The Balaban J connectivity index is 1.45. The molecule has 6 nitrogen and oxygen atoms in total. The second kappa shape index (κ2) is 6.71. The molecular formula is C20H20N2O4. The number of aromatic hydroxyl groups is 1. The van der Waals surface area contributed by atoms with Crippen molar-refractivity contribution in [2.24, 2.45) is 0 Å². The number of carbonyl (C=O) groups is 1. The van der Waals surface area contributed by atoms with E-state index in [1.165, 1.54) is 13.2 Å². The van der Waals surface area contributed by atoms with Crippen LogP contribution in [0.5, 0.6) is 11.5 Å². The number of aromatic nitrogens is 1. The smallest absolute Gasteiger partial charge is 0.257 e. The molecule has 0 radical (unpaired) electrons. The van der Waals surface area contributed by atoms with Crippen molar-refractivity contribution in [3.05, 3.63) is 53.9 Å². The van der Waals surface area contributed by atoms with Gasteiger partial charge in [0.2, 0.25) is 0 Å². The van der Waals surface area contributed by atoms with Crippen molar-refractivity contribution in [3.63, 3.8) is 0 Å². The summed E-state index contributed by atoms with van der Waals surface area (Å²) in [6.07, 6.45) is 1.57. The predicted molar refractivity (Wildman–Crippen MR) is 96.5 cm³/mol. The zero-order valence-electron chi connectivity index (χ0n) is 14.5. The fraction of sp³-hybridized carbons (Fsp3) is 0.300. The fourth-order valence-corrected chi connectivity index (χ4v) is 3.38. The number of hydrogen-bond acceptors (Lipinski definition) is 5.